The van der Waals surface area contributed by atoms with E-state index in [9.17, 15) is 0 Å². The smallest absolute Gasteiger partial charge is 0.104 e. The minimum absolute atomic E-state index is 0.0637. The third kappa shape index (κ3) is 2.79. The van der Waals surface area contributed by atoms with Crippen LogP contribution in [0.4, 0.5) is 17.1 Å². The third-order valence-corrected chi connectivity index (χ3v) is 4.86. The number of fused-ring (bicyclic) bond motifs is 1. The molecule has 1 atom stereocenters. The summed E-state index contributed by atoms with van der Waals surface area (Å²) >= 11 is 0. The molecule has 0 aliphatic carbocycles. The van der Waals surface area contributed by atoms with Gasteiger partial charge >= 0.3 is 0 Å². The van der Waals surface area contributed by atoms with Crippen molar-refractivity contribution in [2.75, 3.05) is 9.80 Å². The van der Waals surface area contributed by atoms with Crippen molar-refractivity contribution >= 4 is 17.1 Å². The minimum Gasteiger partial charge on any atom is -0.345 e. The van der Waals surface area contributed by atoms with E-state index in [1.165, 1.54) is 22.6 Å². The number of benzene rings is 2. The van der Waals surface area contributed by atoms with Gasteiger partial charge in [-0.15, -0.1) is 0 Å². The molecule has 24 heavy (non-hydrogen) atoms. The number of hydrogen-bond donors (Lipinski definition) is 0. The van der Waals surface area contributed by atoms with Crippen LogP contribution < -0.4 is 9.80 Å². The minimum atomic E-state index is 0.0637. The molecular weight excluding hydrogens is 292 g/mol. The van der Waals surface area contributed by atoms with Gasteiger partial charge in [0.25, 0.3) is 0 Å². The summed E-state index contributed by atoms with van der Waals surface area (Å²) in [6, 6.07) is 17.7. The lowest BCUT2D eigenvalue weighted by atomic mass is 9.86. The van der Waals surface area contributed by atoms with Crippen LogP contribution in [-0.4, -0.2) is 11.7 Å². The van der Waals surface area contributed by atoms with Gasteiger partial charge in [-0.2, -0.15) is 0 Å². The van der Waals surface area contributed by atoms with Crippen LogP contribution >= 0.6 is 0 Å². The second-order valence-electron chi connectivity index (χ2n) is 8.83. The molecule has 2 nitrogen and oxygen atoms in total. The number of hydrogen-bond acceptors (Lipinski definition) is 2. The molecule has 1 unspecified atom stereocenters. The van der Waals surface area contributed by atoms with Gasteiger partial charge in [0.2, 0.25) is 0 Å². The van der Waals surface area contributed by atoms with Crippen LogP contribution in [-0.2, 0) is 5.41 Å². The molecule has 1 aliphatic rings. The highest BCUT2D eigenvalue weighted by Crippen LogP contribution is 2.48. The van der Waals surface area contributed by atoms with Crippen LogP contribution in [0.15, 0.2) is 48.5 Å². The molecule has 0 bridgehead atoms. The maximum absolute atomic E-state index is 2.55. The average molecular weight is 322 g/mol. The fourth-order valence-corrected chi connectivity index (χ4v) is 3.77. The predicted molar refractivity (Wildman–Crippen MR) is 105 cm³/mol. The summed E-state index contributed by atoms with van der Waals surface area (Å²) in [4.78, 5) is 5.00. The first-order chi connectivity index (χ1) is 11.1. The number of nitrogens with zero attached hydrogens (tertiary/aromatic N) is 2. The molecule has 128 valence electrons. The Morgan fingerprint density at radius 3 is 1.96 bits per heavy atom. The van der Waals surface area contributed by atoms with Crippen LogP contribution in [0.25, 0.3) is 0 Å². The third-order valence-electron chi connectivity index (χ3n) is 4.86. The Kier molecular flexibility index (Phi) is 3.90. The van der Waals surface area contributed by atoms with Crippen molar-refractivity contribution in [1.29, 1.82) is 0 Å². The van der Waals surface area contributed by atoms with Crippen molar-refractivity contribution in [2.45, 2.75) is 65.6 Å². The summed E-state index contributed by atoms with van der Waals surface area (Å²) in [6.45, 7) is 16.0. The molecule has 0 saturated heterocycles. The summed E-state index contributed by atoms with van der Waals surface area (Å²) in [5.41, 5.74) is 5.50. The van der Waals surface area contributed by atoms with Crippen molar-refractivity contribution in [2.24, 2.45) is 0 Å². The van der Waals surface area contributed by atoms with Crippen LogP contribution in [0.3, 0.4) is 0 Å². The van der Waals surface area contributed by atoms with Gasteiger partial charge in [0.05, 0.1) is 11.4 Å². The van der Waals surface area contributed by atoms with Crippen molar-refractivity contribution in [3.05, 3.63) is 54.1 Å². The summed E-state index contributed by atoms with van der Waals surface area (Å²) in [5.74, 6) is 0. The largest absolute Gasteiger partial charge is 0.345 e. The zero-order valence-corrected chi connectivity index (χ0v) is 16.1. The summed E-state index contributed by atoms with van der Waals surface area (Å²) in [5, 5.41) is 0. The lowest BCUT2D eigenvalue weighted by Gasteiger charge is -2.40. The Hall–Kier alpha value is -1.96. The highest BCUT2D eigenvalue weighted by Gasteiger charge is 2.39. The Bertz CT molecular complexity index is 720. The van der Waals surface area contributed by atoms with E-state index in [1.54, 1.807) is 0 Å². The molecule has 3 rings (SSSR count). The van der Waals surface area contributed by atoms with Crippen LogP contribution in [0, 0.1) is 0 Å². The predicted octanol–water partition coefficient (Wildman–Crippen LogP) is 6.09. The summed E-state index contributed by atoms with van der Waals surface area (Å²) in [7, 11) is 0. The molecule has 0 radical (unpaired) electrons. The van der Waals surface area contributed by atoms with E-state index in [4.69, 9.17) is 0 Å². The first-order valence-corrected chi connectivity index (χ1v) is 8.89. The van der Waals surface area contributed by atoms with Crippen LogP contribution in [0.1, 0.15) is 54.0 Å². The van der Waals surface area contributed by atoms with Gasteiger partial charge in [-0.25, -0.2) is 0 Å². The molecule has 1 aliphatic heterocycles. The molecule has 2 heteroatoms. The summed E-state index contributed by atoms with van der Waals surface area (Å²) in [6.07, 6.45) is 0.289. The first kappa shape index (κ1) is 16.9. The van der Waals surface area contributed by atoms with E-state index in [-0.39, 0.29) is 17.1 Å². The number of rotatable bonds is 1. The molecule has 2 aromatic rings. The molecule has 0 spiro atoms. The molecule has 0 aromatic heterocycles. The molecule has 1 heterocycles. The van der Waals surface area contributed by atoms with Crippen molar-refractivity contribution in [1.82, 2.24) is 0 Å². The van der Waals surface area contributed by atoms with Gasteiger partial charge in [-0.3, -0.25) is 0 Å². The fraction of sp³-hybridized carbons (Fsp3) is 0.455. The number of anilines is 3. The topological polar surface area (TPSA) is 6.48 Å². The monoisotopic (exact) mass is 322 g/mol. The average Bonchev–Trinajstić information content (AvgIpc) is 2.78. The highest BCUT2D eigenvalue weighted by atomic mass is 15.4. The van der Waals surface area contributed by atoms with Crippen molar-refractivity contribution in [3.63, 3.8) is 0 Å². The highest BCUT2D eigenvalue weighted by molar-refractivity contribution is 5.85. The lowest BCUT2D eigenvalue weighted by molar-refractivity contribution is 0.468. The maximum Gasteiger partial charge on any atom is 0.104 e. The van der Waals surface area contributed by atoms with E-state index in [1.807, 2.05) is 0 Å². The SMILES string of the molecule is CC1N(c2ccccc2)c2ccc(C(C)(C)C)cc2N1C(C)(C)C. The lowest BCUT2D eigenvalue weighted by Crippen LogP contribution is -2.49. The van der Waals surface area contributed by atoms with Gasteiger partial charge in [0, 0.05) is 11.2 Å². The van der Waals surface area contributed by atoms with Gasteiger partial charge in [-0.05, 0) is 62.9 Å². The molecule has 0 amide bonds. The molecule has 2 aromatic carbocycles. The Balaban J connectivity index is 2.19. The van der Waals surface area contributed by atoms with Crippen LogP contribution in [0.2, 0.25) is 0 Å². The Morgan fingerprint density at radius 2 is 1.42 bits per heavy atom. The zero-order chi connectivity index (χ0) is 17.7. The van der Waals surface area contributed by atoms with E-state index in [2.05, 4.69) is 107 Å². The summed E-state index contributed by atoms with van der Waals surface area (Å²) < 4.78 is 0. The zero-order valence-electron chi connectivity index (χ0n) is 16.1. The van der Waals surface area contributed by atoms with E-state index < -0.39 is 0 Å². The van der Waals surface area contributed by atoms with E-state index >= 15 is 0 Å². The van der Waals surface area contributed by atoms with Crippen LogP contribution in [0.5, 0.6) is 0 Å². The molecule has 0 fully saturated rings. The van der Waals surface area contributed by atoms with Gasteiger partial charge in [0.15, 0.2) is 0 Å². The molecule has 0 N–H and O–H groups in total. The van der Waals surface area contributed by atoms with Crippen molar-refractivity contribution < 1.29 is 0 Å². The Morgan fingerprint density at radius 1 is 0.792 bits per heavy atom. The quantitative estimate of drug-likeness (QED) is 0.627. The van der Waals surface area contributed by atoms with E-state index in [0.29, 0.717) is 0 Å². The second-order valence-corrected chi connectivity index (χ2v) is 8.83. The number of para-hydroxylation sites is 1. The fourth-order valence-electron chi connectivity index (χ4n) is 3.77. The molecule has 0 saturated carbocycles. The van der Waals surface area contributed by atoms with Gasteiger partial charge in [0.1, 0.15) is 6.17 Å². The standard InChI is InChI=1S/C22H30N2/c1-16-23(18-11-9-8-10-12-18)19-14-13-17(21(2,3)4)15-20(19)24(16)22(5,6)7/h8-16H,1-7H3. The van der Waals surface area contributed by atoms with Gasteiger partial charge in [-0.1, -0.05) is 45.0 Å². The second kappa shape index (κ2) is 5.54. The maximum atomic E-state index is 2.55. The molecular formula is C22H30N2. The normalized spacial score (nSPS) is 18.0. The van der Waals surface area contributed by atoms with Crippen molar-refractivity contribution in [3.8, 4) is 0 Å². The van der Waals surface area contributed by atoms with Gasteiger partial charge < -0.3 is 9.80 Å². The van der Waals surface area contributed by atoms with E-state index in [0.717, 1.165) is 0 Å². The Labute approximate surface area is 147 Å². The first-order valence-electron chi connectivity index (χ1n) is 8.89.